The first-order chi connectivity index (χ1) is 11.7. The molecule has 2 rings (SSSR count). The summed E-state index contributed by atoms with van der Waals surface area (Å²) in [6.07, 6.45) is 0. The fourth-order valence-electron chi connectivity index (χ4n) is 2.57. The van der Waals surface area contributed by atoms with Gasteiger partial charge in [0, 0.05) is 26.7 Å². The minimum Gasteiger partial charge on any atom is -0.395 e. The van der Waals surface area contributed by atoms with Gasteiger partial charge < -0.3 is 20.2 Å². The van der Waals surface area contributed by atoms with Crippen LogP contribution in [0.1, 0.15) is 12.5 Å². The zero-order valence-corrected chi connectivity index (χ0v) is 14.3. The smallest absolute Gasteiger partial charge is 0.321 e. The van der Waals surface area contributed by atoms with E-state index in [9.17, 15) is 4.79 Å². The number of amides is 2. The molecule has 5 nitrogen and oxygen atoms in total. The molecule has 0 fully saturated rings. The molecule has 24 heavy (non-hydrogen) atoms. The lowest BCUT2D eigenvalue weighted by atomic mass is 10.2. The van der Waals surface area contributed by atoms with Crippen molar-refractivity contribution < 1.29 is 9.90 Å². The lowest BCUT2D eigenvalue weighted by molar-refractivity contribution is 0.192. The number of hydrogen-bond acceptors (Lipinski definition) is 3. The fourth-order valence-corrected chi connectivity index (χ4v) is 2.57. The molecule has 0 atom stereocenters. The summed E-state index contributed by atoms with van der Waals surface area (Å²) in [5.41, 5.74) is 2.92. The first kappa shape index (κ1) is 17.8. The van der Waals surface area contributed by atoms with Crippen LogP contribution >= 0.6 is 0 Å². The molecule has 0 heterocycles. The summed E-state index contributed by atoms with van der Waals surface area (Å²) in [5.74, 6) is 0. The van der Waals surface area contributed by atoms with Crippen LogP contribution in [0.25, 0.3) is 0 Å². The summed E-state index contributed by atoms with van der Waals surface area (Å²) in [7, 11) is 2.00. The monoisotopic (exact) mass is 327 g/mol. The Bertz CT molecular complexity index is 646. The molecule has 0 aliphatic carbocycles. The number of likely N-dealkylation sites (N-methyl/N-ethyl adjacent to an activating group) is 1. The van der Waals surface area contributed by atoms with Crippen molar-refractivity contribution in [2.24, 2.45) is 0 Å². The highest BCUT2D eigenvalue weighted by Gasteiger charge is 2.14. The van der Waals surface area contributed by atoms with Crippen molar-refractivity contribution in [1.82, 2.24) is 4.90 Å². The third-order valence-corrected chi connectivity index (χ3v) is 3.86. The van der Waals surface area contributed by atoms with Gasteiger partial charge in [-0.05, 0) is 24.6 Å². The van der Waals surface area contributed by atoms with Gasteiger partial charge in [0.2, 0.25) is 0 Å². The zero-order chi connectivity index (χ0) is 17.4. The maximum Gasteiger partial charge on any atom is 0.321 e. The number of rotatable bonds is 7. The molecule has 0 spiro atoms. The van der Waals surface area contributed by atoms with Crippen molar-refractivity contribution in [1.29, 1.82) is 0 Å². The largest absolute Gasteiger partial charge is 0.395 e. The summed E-state index contributed by atoms with van der Waals surface area (Å²) in [6.45, 7) is 3.47. The van der Waals surface area contributed by atoms with E-state index < -0.39 is 0 Å². The standard InChI is InChI=1S/C19H25N3O2/c1-3-22(13-14-23)19(24)20-17-11-7-8-12-18(17)21(2)15-16-9-5-4-6-10-16/h4-12,23H,3,13-15H2,1-2H3,(H,20,24). The molecule has 5 heteroatoms. The van der Waals surface area contributed by atoms with Crippen molar-refractivity contribution in [2.75, 3.05) is 37.0 Å². The second kappa shape index (κ2) is 8.93. The van der Waals surface area contributed by atoms with E-state index in [1.54, 1.807) is 4.90 Å². The number of carbonyl (C=O) groups excluding carboxylic acids is 1. The third kappa shape index (κ3) is 4.73. The van der Waals surface area contributed by atoms with Crippen molar-refractivity contribution in [3.05, 3.63) is 60.2 Å². The van der Waals surface area contributed by atoms with Gasteiger partial charge in [-0.15, -0.1) is 0 Å². The molecule has 0 aliphatic heterocycles. The molecule has 0 bridgehead atoms. The van der Waals surface area contributed by atoms with Gasteiger partial charge in [0.25, 0.3) is 0 Å². The van der Waals surface area contributed by atoms with Crippen LogP contribution in [0.5, 0.6) is 0 Å². The first-order valence-corrected chi connectivity index (χ1v) is 8.16. The number of hydrogen-bond donors (Lipinski definition) is 2. The Kier molecular flexibility index (Phi) is 6.63. The van der Waals surface area contributed by atoms with Gasteiger partial charge in [0.05, 0.1) is 18.0 Å². The van der Waals surface area contributed by atoms with Gasteiger partial charge in [-0.2, -0.15) is 0 Å². The molecular weight excluding hydrogens is 302 g/mol. The average molecular weight is 327 g/mol. The Hall–Kier alpha value is -2.53. The van der Waals surface area contributed by atoms with Crippen LogP contribution in [0, 0.1) is 0 Å². The number of anilines is 2. The van der Waals surface area contributed by atoms with E-state index in [2.05, 4.69) is 22.3 Å². The van der Waals surface area contributed by atoms with Crippen LogP contribution in [0.15, 0.2) is 54.6 Å². The molecule has 2 N–H and O–H groups in total. The van der Waals surface area contributed by atoms with Gasteiger partial charge in [-0.1, -0.05) is 42.5 Å². The maximum atomic E-state index is 12.4. The van der Waals surface area contributed by atoms with E-state index in [-0.39, 0.29) is 12.6 Å². The summed E-state index contributed by atoms with van der Waals surface area (Å²) in [5, 5.41) is 12.0. The Labute approximate surface area is 143 Å². The quantitative estimate of drug-likeness (QED) is 0.821. The number of nitrogens with one attached hydrogen (secondary N) is 1. The second-order valence-corrected chi connectivity index (χ2v) is 5.59. The topological polar surface area (TPSA) is 55.8 Å². The minimum absolute atomic E-state index is 0.0448. The highest BCUT2D eigenvalue weighted by Crippen LogP contribution is 2.26. The second-order valence-electron chi connectivity index (χ2n) is 5.59. The average Bonchev–Trinajstić information content (AvgIpc) is 2.60. The van der Waals surface area contributed by atoms with Crippen LogP contribution in [-0.2, 0) is 6.54 Å². The molecule has 0 radical (unpaired) electrons. The van der Waals surface area contributed by atoms with E-state index in [4.69, 9.17) is 5.11 Å². The van der Waals surface area contributed by atoms with E-state index >= 15 is 0 Å². The lowest BCUT2D eigenvalue weighted by Crippen LogP contribution is -2.37. The lowest BCUT2D eigenvalue weighted by Gasteiger charge is -2.25. The third-order valence-electron chi connectivity index (χ3n) is 3.86. The van der Waals surface area contributed by atoms with Crippen molar-refractivity contribution in [2.45, 2.75) is 13.5 Å². The van der Waals surface area contributed by atoms with E-state index in [1.165, 1.54) is 5.56 Å². The molecule has 0 unspecified atom stereocenters. The molecule has 0 aliphatic rings. The van der Waals surface area contributed by atoms with Gasteiger partial charge in [-0.25, -0.2) is 4.79 Å². The van der Waals surface area contributed by atoms with Crippen LogP contribution in [-0.4, -0.2) is 42.8 Å². The number of aliphatic hydroxyl groups excluding tert-OH is 1. The molecule has 0 saturated carbocycles. The molecule has 128 valence electrons. The number of nitrogens with zero attached hydrogens (tertiary/aromatic N) is 2. The molecule has 2 aromatic rings. The normalized spacial score (nSPS) is 10.3. The van der Waals surface area contributed by atoms with Gasteiger partial charge in [-0.3, -0.25) is 0 Å². The SMILES string of the molecule is CCN(CCO)C(=O)Nc1ccccc1N(C)Cc1ccccc1. The Morgan fingerprint density at radius 2 is 1.75 bits per heavy atom. The predicted molar refractivity (Wildman–Crippen MR) is 98.3 cm³/mol. The van der Waals surface area contributed by atoms with Crippen LogP contribution in [0.3, 0.4) is 0 Å². The van der Waals surface area contributed by atoms with Crippen molar-refractivity contribution >= 4 is 17.4 Å². The summed E-state index contributed by atoms with van der Waals surface area (Å²) in [4.78, 5) is 16.0. The summed E-state index contributed by atoms with van der Waals surface area (Å²) < 4.78 is 0. The molecule has 2 amide bonds. The maximum absolute atomic E-state index is 12.4. The van der Waals surface area contributed by atoms with E-state index in [0.717, 1.165) is 17.9 Å². The molecule has 2 aromatic carbocycles. The number of urea groups is 1. The van der Waals surface area contributed by atoms with Gasteiger partial charge >= 0.3 is 6.03 Å². The summed E-state index contributed by atoms with van der Waals surface area (Å²) >= 11 is 0. The van der Waals surface area contributed by atoms with Crippen molar-refractivity contribution in [3.63, 3.8) is 0 Å². The Morgan fingerprint density at radius 1 is 1.08 bits per heavy atom. The van der Waals surface area contributed by atoms with E-state index in [0.29, 0.717) is 13.1 Å². The molecule has 0 aromatic heterocycles. The van der Waals surface area contributed by atoms with E-state index in [1.807, 2.05) is 56.4 Å². The van der Waals surface area contributed by atoms with Crippen molar-refractivity contribution in [3.8, 4) is 0 Å². The Morgan fingerprint density at radius 3 is 2.42 bits per heavy atom. The van der Waals surface area contributed by atoms with Gasteiger partial charge in [0.1, 0.15) is 0 Å². The molecule has 0 saturated heterocycles. The van der Waals surface area contributed by atoms with Crippen LogP contribution in [0.4, 0.5) is 16.2 Å². The number of benzene rings is 2. The van der Waals surface area contributed by atoms with Crippen LogP contribution < -0.4 is 10.2 Å². The fraction of sp³-hybridized carbons (Fsp3) is 0.316. The number of para-hydroxylation sites is 2. The molecular formula is C19H25N3O2. The number of aliphatic hydroxyl groups is 1. The summed E-state index contributed by atoms with van der Waals surface area (Å²) in [6, 6.07) is 17.7. The highest BCUT2D eigenvalue weighted by atomic mass is 16.3. The minimum atomic E-state index is -0.202. The van der Waals surface area contributed by atoms with Gasteiger partial charge in [0.15, 0.2) is 0 Å². The zero-order valence-electron chi connectivity index (χ0n) is 14.3. The predicted octanol–water partition coefficient (Wildman–Crippen LogP) is 3.17. The first-order valence-electron chi connectivity index (χ1n) is 8.16. The highest BCUT2D eigenvalue weighted by molar-refractivity contribution is 5.93. The number of carbonyl (C=O) groups is 1. The van der Waals surface area contributed by atoms with Crippen LogP contribution in [0.2, 0.25) is 0 Å². The Balaban J connectivity index is 2.13.